The van der Waals surface area contributed by atoms with Gasteiger partial charge in [0.2, 0.25) is 5.91 Å². The van der Waals surface area contributed by atoms with Gasteiger partial charge in [-0.1, -0.05) is 12.8 Å². The highest BCUT2D eigenvalue weighted by atomic mass is 16.5. The summed E-state index contributed by atoms with van der Waals surface area (Å²) in [5, 5.41) is 6.05. The summed E-state index contributed by atoms with van der Waals surface area (Å²) >= 11 is 0. The molecule has 1 aliphatic heterocycles. The van der Waals surface area contributed by atoms with E-state index in [0.29, 0.717) is 19.1 Å². The highest BCUT2D eigenvalue weighted by Crippen LogP contribution is 2.22. The summed E-state index contributed by atoms with van der Waals surface area (Å²) in [4.78, 5) is 26.7. The monoisotopic (exact) mass is 345 g/mol. The van der Waals surface area contributed by atoms with E-state index in [1.807, 2.05) is 24.3 Å². The van der Waals surface area contributed by atoms with Gasteiger partial charge in [0.15, 0.2) is 0 Å². The molecule has 3 rings (SSSR count). The first-order valence-electron chi connectivity index (χ1n) is 9.16. The van der Waals surface area contributed by atoms with E-state index in [0.717, 1.165) is 37.1 Å². The topological polar surface area (TPSA) is 70.7 Å². The van der Waals surface area contributed by atoms with Crippen LogP contribution in [0.25, 0.3) is 0 Å². The first-order valence-corrected chi connectivity index (χ1v) is 9.16. The van der Waals surface area contributed by atoms with E-state index in [2.05, 4.69) is 10.6 Å². The van der Waals surface area contributed by atoms with Crippen LogP contribution in [0.1, 0.15) is 38.5 Å². The van der Waals surface area contributed by atoms with Gasteiger partial charge in [-0.15, -0.1) is 0 Å². The Morgan fingerprint density at radius 2 is 1.80 bits per heavy atom. The summed E-state index contributed by atoms with van der Waals surface area (Å²) in [5.41, 5.74) is 0.725. The van der Waals surface area contributed by atoms with Crippen LogP contribution >= 0.6 is 0 Å². The molecule has 2 aliphatic rings. The van der Waals surface area contributed by atoms with Gasteiger partial charge < -0.3 is 20.3 Å². The highest BCUT2D eigenvalue weighted by Gasteiger charge is 2.30. The van der Waals surface area contributed by atoms with Gasteiger partial charge in [0.25, 0.3) is 0 Å². The molecule has 0 radical (unpaired) electrons. The zero-order chi connectivity index (χ0) is 17.6. The maximum Gasteiger partial charge on any atom is 0.321 e. The SMILES string of the molecule is COc1ccc(NC(=O)N2CCCC(C(=O)NC3CCCC3)C2)cc1. The van der Waals surface area contributed by atoms with E-state index in [9.17, 15) is 9.59 Å². The van der Waals surface area contributed by atoms with E-state index in [1.54, 1.807) is 12.0 Å². The Labute approximate surface area is 148 Å². The third-order valence-electron chi connectivity index (χ3n) is 5.12. The third kappa shape index (κ3) is 4.65. The van der Waals surface area contributed by atoms with Crippen molar-refractivity contribution in [2.24, 2.45) is 5.92 Å². The van der Waals surface area contributed by atoms with Crippen LogP contribution in [0.3, 0.4) is 0 Å². The zero-order valence-electron chi connectivity index (χ0n) is 14.8. The summed E-state index contributed by atoms with van der Waals surface area (Å²) in [5.74, 6) is 0.754. The largest absolute Gasteiger partial charge is 0.497 e. The van der Waals surface area contributed by atoms with Gasteiger partial charge in [-0.05, 0) is 49.9 Å². The Bertz CT molecular complexity index is 596. The number of carbonyl (C=O) groups excluding carboxylic acids is 2. The number of rotatable bonds is 4. The molecule has 1 aliphatic carbocycles. The van der Waals surface area contributed by atoms with Gasteiger partial charge in [0.1, 0.15) is 5.75 Å². The van der Waals surface area contributed by atoms with Gasteiger partial charge in [-0.25, -0.2) is 4.79 Å². The number of piperidine rings is 1. The number of amides is 3. The number of ether oxygens (including phenoxy) is 1. The van der Waals surface area contributed by atoms with Crippen molar-refractivity contribution in [1.82, 2.24) is 10.2 Å². The Morgan fingerprint density at radius 1 is 1.08 bits per heavy atom. The van der Waals surface area contributed by atoms with Crippen LogP contribution in [0.5, 0.6) is 5.75 Å². The van der Waals surface area contributed by atoms with Gasteiger partial charge in [0, 0.05) is 24.8 Å². The normalized spacial score (nSPS) is 21.0. The second kappa shape index (κ2) is 8.23. The molecule has 1 aromatic carbocycles. The molecule has 0 bridgehead atoms. The lowest BCUT2D eigenvalue weighted by Gasteiger charge is -2.32. The quantitative estimate of drug-likeness (QED) is 0.881. The Hall–Kier alpha value is -2.24. The van der Waals surface area contributed by atoms with Crippen LogP contribution in [0, 0.1) is 5.92 Å². The minimum atomic E-state index is -0.150. The van der Waals surface area contributed by atoms with Gasteiger partial charge in [-0.3, -0.25) is 4.79 Å². The van der Waals surface area contributed by atoms with Gasteiger partial charge in [-0.2, -0.15) is 0 Å². The minimum absolute atomic E-state index is 0.101. The lowest BCUT2D eigenvalue weighted by Crippen LogP contribution is -2.48. The van der Waals surface area contributed by atoms with Crippen LogP contribution in [0.15, 0.2) is 24.3 Å². The van der Waals surface area contributed by atoms with Crippen LogP contribution < -0.4 is 15.4 Å². The molecule has 1 aromatic rings. The maximum atomic E-state index is 12.5. The molecular formula is C19H27N3O3. The Balaban J connectivity index is 1.52. The minimum Gasteiger partial charge on any atom is -0.497 e. The molecule has 2 N–H and O–H groups in total. The first-order chi connectivity index (χ1) is 12.2. The predicted molar refractivity (Wildman–Crippen MR) is 96.7 cm³/mol. The summed E-state index contributed by atoms with van der Waals surface area (Å²) in [6, 6.07) is 7.42. The van der Waals surface area contributed by atoms with Crippen molar-refractivity contribution in [3.05, 3.63) is 24.3 Å². The molecule has 6 nitrogen and oxygen atoms in total. The molecule has 1 unspecified atom stereocenters. The lowest BCUT2D eigenvalue weighted by atomic mass is 9.97. The summed E-state index contributed by atoms with van der Waals surface area (Å²) in [7, 11) is 1.61. The predicted octanol–water partition coefficient (Wildman–Crippen LogP) is 3.00. The number of carbonyl (C=O) groups is 2. The van der Waals surface area contributed by atoms with Crippen LogP contribution in [0.2, 0.25) is 0 Å². The fourth-order valence-electron chi connectivity index (χ4n) is 3.64. The first kappa shape index (κ1) is 17.6. The third-order valence-corrected chi connectivity index (χ3v) is 5.12. The van der Waals surface area contributed by atoms with Crippen molar-refractivity contribution in [2.45, 2.75) is 44.6 Å². The number of nitrogens with one attached hydrogen (secondary N) is 2. The van der Waals surface area contributed by atoms with E-state index < -0.39 is 0 Å². The average molecular weight is 345 g/mol. The summed E-state index contributed by atoms with van der Waals surface area (Å²) in [6.07, 6.45) is 6.28. The molecule has 136 valence electrons. The van der Waals surface area contributed by atoms with Gasteiger partial charge in [0.05, 0.1) is 13.0 Å². The number of hydrogen-bond donors (Lipinski definition) is 2. The second-order valence-electron chi connectivity index (χ2n) is 6.93. The van der Waals surface area contributed by atoms with Crippen molar-refractivity contribution in [3.8, 4) is 5.75 Å². The number of methoxy groups -OCH3 is 1. The number of likely N-dealkylation sites (tertiary alicyclic amines) is 1. The van der Waals surface area contributed by atoms with Crippen LogP contribution in [-0.2, 0) is 4.79 Å². The van der Waals surface area contributed by atoms with Crippen LogP contribution in [-0.4, -0.2) is 43.1 Å². The molecule has 1 heterocycles. The van der Waals surface area contributed by atoms with E-state index >= 15 is 0 Å². The molecule has 1 saturated heterocycles. The highest BCUT2D eigenvalue weighted by molar-refractivity contribution is 5.90. The smallest absolute Gasteiger partial charge is 0.321 e. The van der Waals surface area contributed by atoms with Crippen molar-refractivity contribution >= 4 is 17.6 Å². The molecular weight excluding hydrogens is 318 g/mol. The fraction of sp³-hybridized carbons (Fsp3) is 0.579. The Kier molecular flexibility index (Phi) is 5.79. The zero-order valence-corrected chi connectivity index (χ0v) is 14.8. The molecule has 25 heavy (non-hydrogen) atoms. The summed E-state index contributed by atoms with van der Waals surface area (Å²) < 4.78 is 5.12. The number of anilines is 1. The standard InChI is InChI=1S/C19H27N3O3/c1-25-17-10-8-16(9-11-17)21-19(24)22-12-4-5-14(13-22)18(23)20-15-6-2-3-7-15/h8-11,14-15H,2-7,12-13H2,1H3,(H,20,23)(H,21,24). The molecule has 0 spiro atoms. The summed E-state index contributed by atoms with van der Waals surface area (Å²) in [6.45, 7) is 1.18. The number of urea groups is 1. The Morgan fingerprint density at radius 3 is 2.48 bits per heavy atom. The second-order valence-corrected chi connectivity index (χ2v) is 6.93. The molecule has 3 amide bonds. The van der Waals surface area contributed by atoms with Gasteiger partial charge >= 0.3 is 6.03 Å². The van der Waals surface area contributed by atoms with Crippen molar-refractivity contribution < 1.29 is 14.3 Å². The number of hydrogen-bond acceptors (Lipinski definition) is 3. The number of benzene rings is 1. The molecule has 1 saturated carbocycles. The molecule has 1 atom stereocenters. The molecule has 0 aromatic heterocycles. The molecule has 2 fully saturated rings. The van der Waals surface area contributed by atoms with E-state index in [1.165, 1.54) is 12.8 Å². The number of nitrogens with zero attached hydrogens (tertiary/aromatic N) is 1. The fourth-order valence-corrected chi connectivity index (χ4v) is 3.64. The maximum absolute atomic E-state index is 12.5. The lowest BCUT2D eigenvalue weighted by molar-refractivity contribution is -0.126. The van der Waals surface area contributed by atoms with E-state index in [4.69, 9.17) is 4.74 Å². The van der Waals surface area contributed by atoms with Crippen molar-refractivity contribution in [2.75, 3.05) is 25.5 Å². The van der Waals surface area contributed by atoms with Crippen molar-refractivity contribution in [3.63, 3.8) is 0 Å². The molecule has 6 heteroatoms. The van der Waals surface area contributed by atoms with Crippen LogP contribution in [0.4, 0.5) is 10.5 Å². The van der Waals surface area contributed by atoms with Crippen molar-refractivity contribution in [1.29, 1.82) is 0 Å². The average Bonchev–Trinajstić information content (AvgIpc) is 3.15. The van der Waals surface area contributed by atoms with E-state index in [-0.39, 0.29) is 17.9 Å².